The molecular formula is C10H14O4. The predicted octanol–water partition coefficient (Wildman–Crippen LogP) is 1.42. The molecule has 0 atom stereocenters. The highest BCUT2D eigenvalue weighted by atomic mass is 17.1. The molecule has 0 radical (unpaired) electrons. The number of hydrogen-bond donors (Lipinski definition) is 2. The third-order valence-electron chi connectivity index (χ3n) is 2.08. The molecule has 0 saturated carbocycles. The van der Waals surface area contributed by atoms with Gasteiger partial charge >= 0.3 is 0 Å². The average Bonchev–Trinajstić information content (AvgIpc) is 2.15. The molecule has 1 aliphatic carbocycles. The maximum Gasteiger partial charge on any atom is 0.189 e. The topological polar surface area (TPSA) is 66.8 Å². The molecule has 4 heteroatoms. The van der Waals surface area contributed by atoms with Gasteiger partial charge in [0, 0.05) is 6.42 Å². The van der Waals surface area contributed by atoms with E-state index in [-0.39, 0.29) is 5.78 Å². The molecule has 0 saturated heterocycles. The van der Waals surface area contributed by atoms with E-state index in [2.05, 4.69) is 4.89 Å². The second kappa shape index (κ2) is 3.94. The molecule has 0 aromatic rings. The summed E-state index contributed by atoms with van der Waals surface area (Å²) in [5, 5.41) is 17.8. The van der Waals surface area contributed by atoms with E-state index in [1.165, 1.54) is 19.9 Å². The van der Waals surface area contributed by atoms with Crippen LogP contribution < -0.4 is 0 Å². The van der Waals surface area contributed by atoms with E-state index < -0.39 is 5.60 Å². The molecule has 1 rings (SSSR count). The van der Waals surface area contributed by atoms with Crippen LogP contribution in [0.15, 0.2) is 23.5 Å². The van der Waals surface area contributed by atoms with Crippen LogP contribution in [0.2, 0.25) is 0 Å². The lowest BCUT2D eigenvalue weighted by Gasteiger charge is -2.19. The van der Waals surface area contributed by atoms with Gasteiger partial charge in [0.05, 0.1) is 0 Å². The van der Waals surface area contributed by atoms with Crippen molar-refractivity contribution in [1.82, 2.24) is 0 Å². The minimum atomic E-state index is -1.34. The lowest BCUT2D eigenvalue weighted by molar-refractivity contribution is -0.205. The Hall–Kier alpha value is -1.13. The number of aliphatic hydroxyl groups is 1. The van der Waals surface area contributed by atoms with Crippen LogP contribution in [0.3, 0.4) is 0 Å². The van der Waals surface area contributed by atoms with Gasteiger partial charge in [0.2, 0.25) is 0 Å². The average molecular weight is 198 g/mol. The van der Waals surface area contributed by atoms with E-state index in [4.69, 9.17) is 5.26 Å². The largest absolute Gasteiger partial charge is 0.382 e. The Kier molecular flexibility index (Phi) is 3.08. The van der Waals surface area contributed by atoms with Crippen LogP contribution in [0, 0.1) is 0 Å². The molecule has 0 fully saturated rings. The molecule has 0 unspecified atom stereocenters. The van der Waals surface area contributed by atoms with Gasteiger partial charge in [-0.05, 0) is 31.9 Å². The van der Waals surface area contributed by atoms with Crippen molar-refractivity contribution in [2.45, 2.75) is 32.3 Å². The molecule has 0 aliphatic heterocycles. The van der Waals surface area contributed by atoms with Gasteiger partial charge in [-0.3, -0.25) is 4.79 Å². The first-order valence-electron chi connectivity index (χ1n) is 4.43. The second-order valence-electron chi connectivity index (χ2n) is 3.80. The lowest BCUT2D eigenvalue weighted by atomic mass is 9.91. The zero-order valence-electron chi connectivity index (χ0n) is 8.28. The lowest BCUT2D eigenvalue weighted by Crippen LogP contribution is -2.32. The number of rotatable bonds is 3. The number of carbonyl (C=O) groups excluding carboxylic acids is 1. The van der Waals surface area contributed by atoms with Gasteiger partial charge in [-0.15, -0.1) is 0 Å². The van der Waals surface area contributed by atoms with Crippen LogP contribution >= 0.6 is 0 Å². The Morgan fingerprint density at radius 2 is 2.07 bits per heavy atom. The van der Waals surface area contributed by atoms with Crippen molar-refractivity contribution in [3.05, 3.63) is 23.5 Å². The van der Waals surface area contributed by atoms with Crippen LogP contribution in [-0.2, 0) is 9.68 Å². The van der Waals surface area contributed by atoms with Crippen LogP contribution in [0.5, 0.6) is 0 Å². The van der Waals surface area contributed by atoms with Gasteiger partial charge < -0.3 is 9.99 Å². The Morgan fingerprint density at radius 1 is 1.43 bits per heavy atom. The Balaban J connectivity index is 2.78. The Morgan fingerprint density at radius 3 is 2.43 bits per heavy atom. The van der Waals surface area contributed by atoms with Gasteiger partial charge in [0.1, 0.15) is 11.4 Å². The fraction of sp³-hybridized carbons (Fsp3) is 0.500. The smallest absolute Gasteiger partial charge is 0.189 e. The summed E-state index contributed by atoms with van der Waals surface area (Å²) in [6.45, 7) is 2.91. The summed E-state index contributed by atoms with van der Waals surface area (Å²) < 4.78 is 0. The molecule has 14 heavy (non-hydrogen) atoms. The SMILES string of the molecule is CC(C)(O)C(=O)C1=CC=C(OO)CC1. The first-order valence-corrected chi connectivity index (χ1v) is 4.43. The van der Waals surface area contributed by atoms with Crippen LogP contribution in [0.4, 0.5) is 0 Å². The Labute approximate surface area is 82.4 Å². The summed E-state index contributed by atoms with van der Waals surface area (Å²) in [5.74, 6) is 0.142. The van der Waals surface area contributed by atoms with Crippen molar-refractivity contribution < 1.29 is 20.0 Å². The molecule has 1 aliphatic rings. The summed E-state index contributed by atoms with van der Waals surface area (Å²) in [7, 11) is 0. The maximum atomic E-state index is 11.6. The highest BCUT2D eigenvalue weighted by molar-refractivity contribution is 6.01. The molecular weight excluding hydrogens is 184 g/mol. The van der Waals surface area contributed by atoms with Gasteiger partial charge in [0.15, 0.2) is 5.78 Å². The quantitative estimate of drug-likeness (QED) is 0.531. The second-order valence-corrected chi connectivity index (χ2v) is 3.80. The molecule has 4 nitrogen and oxygen atoms in total. The monoisotopic (exact) mass is 198 g/mol. The van der Waals surface area contributed by atoms with Gasteiger partial charge in [-0.25, -0.2) is 5.26 Å². The van der Waals surface area contributed by atoms with E-state index in [0.29, 0.717) is 24.2 Å². The molecule has 0 aromatic heterocycles. The maximum absolute atomic E-state index is 11.6. The number of carbonyl (C=O) groups is 1. The molecule has 0 spiro atoms. The molecule has 2 N–H and O–H groups in total. The highest BCUT2D eigenvalue weighted by Crippen LogP contribution is 2.22. The first kappa shape index (κ1) is 10.9. The molecule has 78 valence electrons. The first-order chi connectivity index (χ1) is 6.45. The van der Waals surface area contributed by atoms with Gasteiger partial charge in [0.25, 0.3) is 0 Å². The summed E-state index contributed by atoms with van der Waals surface area (Å²) >= 11 is 0. The number of ketones is 1. The fourth-order valence-corrected chi connectivity index (χ4v) is 1.28. The van der Waals surface area contributed by atoms with Crippen molar-refractivity contribution in [2.75, 3.05) is 0 Å². The van der Waals surface area contributed by atoms with Crippen molar-refractivity contribution >= 4 is 5.78 Å². The third-order valence-corrected chi connectivity index (χ3v) is 2.08. The molecule has 0 amide bonds. The molecule has 0 aromatic carbocycles. The molecule has 0 bridgehead atoms. The zero-order chi connectivity index (χ0) is 10.8. The summed E-state index contributed by atoms with van der Waals surface area (Å²) in [5.41, 5.74) is -0.782. The van der Waals surface area contributed by atoms with Crippen molar-refractivity contribution in [1.29, 1.82) is 0 Å². The van der Waals surface area contributed by atoms with Crippen LogP contribution in [0.25, 0.3) is 0 Å². The van der Waals surface area contributed by atoms with E-state index >= 15 is 0 Å². The third kappa shape index (κ3) is 2.43. The van der Waals surface area contributed by atoms with E-state index in [9.17, 15) is 9.90 Å². The van der Waals surface area contributed by atoms with Crippen molar-refractivity contribution in [2.24, 2.45) is 0 Å². The predicted molar refractivity (Wildman–Crippen MR) is 50.4 cm³/mol. The highest BCUT2D eigenvalue weighted by Gasteiger charge is 2.27. The van der Waals surface area contributed by atoms with Gasteiger partial charge in [-0.2, -0.15) is 0 Å². The van der Waals surface area contributed by atoms with Crippen LogP contribution in [0.1, 0.15) is 26.7 Å². The standard InChI is InChI=1S/C10H14O4/c1-10(2,12)9(11)7-3-5-8(14-13)6-4-7/h3,5,12-13H,4,6H2,1-2H3. The van der Waals surface area contributed by atoms with Crippen LogP contribution in [-0.4, -0.2) is 21.7 Å². The van der Waals surface area contributed by atoms with Crippen molar-refractivity contribution in [3.8, 4) is 0 Å². The zero-order valence-corrected chi connectivity index (χ0v) is 8.28. The van der Waals surface area contributed by atoms with Crippen molar-refractivity contribution in [3.63, 3.8) is 0 Å². The van der Waals surface area contributed by atoms with E-state index in [1.54, 1.807) is 6.08 Å². The van der Waals surface area contributed by atoms with E-state index in [1.807, 2.05) is 0 Å². The van der Waals surface area contributed by atoms with Gasteiger partial charge in [-0.1, -0.05) is 6.08 Å². The minimum Gasteiger partial charge on any atom is -0.382 e. The summed E-state index contributed by atoms with van der Waals surface area (Å²) in [6, 6.07) is 0. The number of Topliss-reactive ketones (excluding diaryl/α,β-unsaturated/α-hetero) is 1. The summed E-state index contributed by atoms with van der Waals surface area (Å²) in [6.07, 6.45) is 4.05. The number of allylic oxidation sites excluding steroid dienone is 3. The molecule has 0 heterocycles. The van der Waals surface area contributed by atoms with E-state index in [0.717, 1.165) is 0 Å². The minimum absolute atomic E-state index is 0.286. The fourth-order valence-electron chi connectivity index (χ4n) is 1.28. The summed E-state index contributed by atoms with van der Waals surface area (Å²) in [4.78, 5) is 15.6. The number of hydrogen-bond acceptors (Lipinski definition) is 4. The Bertz CT molecular complexity index is 294. The normalized spacial score (nSPS) is 17.1.